The van der Waals surface area contributed by atoms with Crippen molar-refractivity contribution in [3.63, 3.8) is 0 Å². The number of ether oxygens (including phenoxy) is 1. The normalized spacial score (nSPS) is 21.0. The van der Waals surface area contributed by atoms with E-state index in [1.165, 1.54) is 6.07 Å². The van der Waals surface area contributed by atoms with Crippen molar-refractivity contribution in [2.75, 3.05) is 25.5 Å². The van der Waals surface area contributed by atoms with Gasteiger partial charge in [-0.3, -0.25) is 0 Å². The Bertz CT molecular complexity index is 353. The van der Waals surface area contributed by atoms with Crippen LogP contribution in [0.15, 0.2) is 23.1 Å². The molecular formula is C12H16FNOS. The number of hydrogen-bond acceptors (Lipinski definition) is 3. The first-order valence-electron chi connectivity index (χ1n) is 5.46. The minimum atomic E-state index is -0.166. The Balaban J connectivity index is 1.88. The highest BCUT2D eigenvalue weighted by atomic mass is 32.2. The standard InChI is InChI=1S/C12H16FNOS/c1-9-6-10(13)2-3-12(9)16-8-11-7-15-5-4-14-11/h2-3,6,11,14H,4-5,7-8H2,1H3. The maximum atomic E-state index is 12.9. The van der Waals surface area contributed by atoms with Gasteiger partial charge in [0.05, 0.1) is 13.2 Å². The predicted molar refractivity (Wildman–Crippen MR) is 64.5 cm³/mol. The molecule has 1 atom stereocenters. The molecule has 0 bridgehead atoms. The van der Waals surface area contributed by atoms with Crippen molar-refractivity contribution in [2.45, 2.75) is 17.9 Å². The SMILES string of the molecule is Cc1cc(F)ccc1SCC1COCCN1. The van der Waals surface area contributed by atoms with Gasteiger partial charge in [-0.05, 0) is 30.7 Å². The van der Waals surface area contributed by atoms with Crippen molar-refractivity contribution in [3.05, 3.63) is 29.6 Å². The number of aryl methyl sites for hydroxylation is 1. The lowest BCUT2D eigenvalue weighted by atomic mass is 10.2. The van der Waals surface area contributed by atoms with Gasteiger partial charge in [-0.1, -0.05) is 0 Å². The van der Waals surface area contributed by atoms with Gasteiger partial charge in [0.15, 0.2) is 0 Å². The van der Waals surface area contributed by atoms with Gasteiger partial charge in [0.1, 0.15) is 5.82 Å². The molecule has 0 saturated carbocycles. The summed E-state index contributed by atoms with van der Waals surface area (Å²) in [7, 11) is 0. The van der Waals surface area contributed by atoms with Crippen LogP contribution in [0.25, 0.3) is 0 Å². The zero-order chi connectivity index (χ0) is 11.4. The van der Waals surface area contributed by atoms with Crippen LogP contribution < -0.4 is 5.32 Å². The molecule has 1 aliphatic heterocycles. The van der Waals surface area contributed by atoms with E-state index in [1.54, 1.807) is 17.8 Å². The van der Waals surface area contributed by atoms with Gasteiger partial charge in [0.25, 0.3) is 0 Å². The third-order valence-electron chi connectivity index (χ3n) is 2.58. The monoisotopic (exact) mass is 241 g/mol. The van der Waals surface area contributed by atoms with Crippen molar-refractivity contribution in [3.8, 4) is 0 Å². The number of benzene rings is 1. The number of hydrogen-bond donors (Lipinski definition) is 1. The minimum absolute atomic E-state index is 0.166. The van der Waals surface area contributed by atoms with Crippen LogP contribution in [0, 0.1) is 12.7 Å². The van der Waals surface area contributed by atoms with Crippen LogP contribution in [0.2, 0.25) is 0 Å². The highest BCUT2D eigenvalue weighted by molar-refractivity contribution is 7.99. The molecule has 2 nitrogen and oxygen atoms in total. The molecule has 1 heterocycles. The average Bonchev–Trinajstić information content (AvgIpc) is 2.29. The maximum Gasteiger partial charge on any atom is 0.123 e. The summed E-state index contributed by atoms with van der Waals surface area (Å²) >= 11 is 1.75. The van der Waals surface area contributed by atoms with E-state index in [0.29, 0.717) is 6.04 Å². The maximum absolute atomic E-state index is 12.9. The molecule has 16 heavy (non-hydrogen) atoms. The third kappa shape index (κ3) is 3.20. The first kappa shape index (κ1) is 11.9. The number of thioether (sulfide) groups is 1. The molecule has 1 aromatic carbocycles. The summed E-state index contributed by atoms with van der Waals surface area (Å²) in [6.07, 6.45) is 0. The van der Waals surface area contributed by atoms with Crippen LogP contribution in [0.1, 0.15) is 5.56 Å². The van der Waals surface area contributed by atoms with Gasteiger partial charge in [-0.15, -0.1) is 11.8 Å². The molecule has 88 valence electrons. The van der Waals surface area contributed by atoms with E-state index in [9.17, 15) is 4.39 Å². The fraction of sp³-hybridized carbons (Fsp3) is 0.500. The summed E-state index contributed by atoms with van der Waals surface area (Å²) < 4.78 is 18.3. The topological polar surface area (TPSA) is 21.3 Å². The molecular weight excluding hydrogens is 225 g/mol. The second kappa shape index (κ2) is 5.66. The molecule has 1 saturated heterocycles. The Morgan fingerprint density at radius 2 is 2.44 bits per heavy atom. The van der Waals surface area contributed by atoms with Gasteiger partial charge < -0.3 is 10.1 Å². The van der Waals surface area contributed by atoms with Gasteiger partial charge in [-0.2, -0.15) is 0 Å². The van der Waals surface area contributed by atoms with Crippen LogP contribution in [-0.2, 0) is 4.74 Å². The molecule has 0 aromatic heterocycles. The lowest BCUT2D eigenvalue weighted by Crippen LogP contribution is -2.42. The number of nitrogens with one attached hydrogen (secondary N) is 1. The Labute approximate surface area is 99.6 Å². The molecule has 0 aliphatic carbocycles. The Kier molecular flexibility index (Phi) is 4.21. The summed E-state index contributed by atoms with van der Waals surface area (Å²) in [5, 5.41) is 3.40. The fourth-order valence-corrected chi connectivity index (χ4v) is 2.74. The highest BCUT2D eigenvalue weighted by Gasteiger charge is 2.13. The summed E-state index contributed by atoms with van der Waals surface area (Å²) in [6.45, 7) is 4.44. The van der Waals surface area contributed by atoms with E-state index in [2.05, 4.69) is 5.32 Å². The van der Waals surface area contributed by atoms with Gasteiger partial charge in [0, 0.05) is 23.2 Å². The fourth-order valence-electron chi connectivity index (χ4n) is 1.69. The number of halogens is 1. The minimum Gasteiger partial charge on any atom is -0.378 e. The third-order valence-corrected chi connectivity index (χ3v) is 3.91. The van der Waals surface area contributed by atoms with Gasteiger partial charge >= 0.3 is 0 Å². The van der Waals surface area contributed by atoms with Gasteiger partial charge in [0.2, 0.25) is 0 Å². The quantitative estimate of drug-likeness (QED) is 0.820. The molecule has 0 amide bonds. The molecule has 4 heteroatoms. The summed E-state index contributed by atoms with van der Waals surface area (Å²) in [6, 6.07) is 5.34. The van der Waals surface area contributed by atoms with E-state index >= 15 is 0 Å². The molecule has 0 radical (unpaired) electrons. The van der Waals surface area contributed by atoms with Crippen molar-refractivity contribution < 1.29 is 9.13 Å². The molecule has 1 aliphatic rings. The van der Waals surface area contributed by atoms with Crippen LogP contribution in [0.4, 0.5) is 4.39 Å². The zero-order valence-corrected chi connectivity index (χ0v) is 10.1. The van der Waals surface area contributed by atoms with Crippen molar-refractivity contribution >= 4 is 11.8 Å². The molecule has 1 aromatic rings. The van der Waals surface area contributed by atoms with E-state index in [1.807, 2.05) is 13.0 Å². The van der Waals surface area contributed by atoms with Crippen molar-refractivity contribution in [1.29, 1.82) is 0 Å². The van der Waals surface area contributed by atoms with E-state index in [0.717, 1.165) is 36.0 Å². The summed E-state index contributed by atoms with van der Waals surface area (Å²) in [5.41, 5.74) is 1.00. The van der Waals surface area contributed by atoms with Crippen LogP contribution in [0.3, 0.4) is 0 Å². The second-order valence-electron chi connectivity index (χ2n) is 3.95. The first-order chi connectivity index (χ1) is 7.75. The summed E-state index contributed by atoms with van der Waals surface area (Å²) in [5.74, 6) is 0.799. The van der Waals surface area contributed by atoms with Crippen LogP contribution in [0.5, 0.6) is 0 Å². The lowest BCUT2D eigenvalue weighted by Gasteiger charge is -2.23. The van der Waals surface area contributed by atoms with Gasteiger partial charge in [-0.25, -0.2) is 4.39 Å². The first-order valence-corrected chi connectivity index (χ1v) is 6.44. The van der Waals surface area contributed by atoms with E-state index in [-0.39, 0.29) is 5.82 Å². The van der Waals surface area contributed by atoms with E-state index in [4.69, 9.17) is 4.74 Å². The largest absolute Gasteiger partial charge is 0.378 e. The molecule has 1 N–H and O–H groups in total. The molecule has 1 fully saturated rings. The van der Waals surface area contributed by atoms with Crippen LogP contribution >= 0.6 is 11.8 Å². The smallest absolute Gasteiger partial charge is 0.123 e. The summed E-state index contributed by atoms with van der Waals surface area (Å²) in [4.78, 5) is 1.15. The van der Waals surface area contributed by atoms with Crippen molar-refractivity contribution in [2.24, 2.45) is 0 Å². The Morgan fingerprint density at radius 1 is 1.56 bits per heavy atom. The highest BCUT2D eigenvalue weighted by Crippen LogP contribution is 2.23. The van der Waals surface area contributed by atoms with Crippen LogP contribution in [-0.4, -0.2) is 31.6 Å². The molecule has 2 rings (SSSR count). The lowest BCUT2D eigenvalue weighted by molar-refractivity contribution is 0.0837. The number of rotatable bonds is 3. The predicted octanol–water partition coefficient (Wildman–Crippen LogP) is 2.21. The molecule has 0 spiro atoms. The molecule has 1 unspecified atom stereocenters. The zero-order valence-electron chi connectivity index (χ0n) is 9.33. The second-order valence-corrected chi connectivity index (χ2v) is 5.01. The average molecular weight is 241 g/mol. The van der Waals surface area contributed by atoms with Crippen molar-refractivity contribution in [1.82, 2.24) is 5.32 Å². The number of morpholine rings is 1. The Morgan fingerprint density at radius 3 is 3.12 bits per heavy atom. The Hall–Kier alpha value is -0.580. The van der Waals surface area contributed by atoms with E-state index < -0.39 is 0 Å².